The molecular formula is C15H25ClN4. The molecule has 1 saturated heterocycles. The van der Waals surface area contributed by atoms with Crippen molar-refractivity contribution in [2.75, 3.05) is 45.7 Å². The minimum Gasteiger partial charge on any atom is -0.359 e. The maximum atomic E-state index is 6.16. The number of hydrogen-bond donors (Lipinski definition) is 1. The molecule has 1 aliphatic rings. The number of nitrogens with one attached hydrogen (secondary N) is 1. The smallest absolute Gasteiger partial charge is 0.128 e. The van der Waals surface area contributed by atoms with Gasteiger partial charge in [0.25, 0.3) is 0 Å². The predicted octanol–water partition coefficient (Wildman–Crippen LogP) is 2.23. The van der Waals surface area contributed by atoms with Gasteiger partial charge in [-0.1, -0.05) is 11.6 Å². The van der Waals surface area contributed by atoms with Crippen LogP contribution in [0.15, 0.2) is 12.3 Å². The van der Waals surface area contributed by atoms with E-state index in [9.17, 15) is 0 Å². The third-order valence-corrected chi connectivity index (χ3v) is 4.39. The topological polar surface area (TPSA) is 31.4 Å². The molecule has 0 unspecified atom stereocenters. The van der Waals surface area contributed by atoms with Gasteiger partial charge < -0.3 is 15.1 Å². The lowest BCUT2D eigenvalue weighted by Crippen LogP contribution is -2.36. The molecule has 0 aromatic carbocycles. The summed E-state index contributed by atoms with van der Waals surface area (Å²) in [5.41, 5.74) is 1.11. The van der Waals surface area contributed by atoms with Crippen LogP contribution in [0.1, 0.15) is 18.4 Å². The molecule has 1 aromatic rings. The molecule has 0 saturated carbocycles. The molecule has 0 radical (unpaired) electrons. The fraction of sp³-hybridized carbons (Fsp3) is 0.667. The summed E-state index contributed by atoms with van der Waals surface area (Å²) in [5, 5.41) is 3.87. The number of anilines is 1. The summed E-state index contributed by atoms with van der Waals surface area (Å²) in [6.07, 6.45) is 4.31. The highest BCUT2D eigenvalue weighted by Gasteiger charge is 2.19. The molecule has 1 fully saturated rings. The number of rotatable bonds is 5. The molecule has 0 amide bonds. The molecule has 0 bridgehead atoms. The summed E-state index contributed by atoms with van der Waals surface area (Å²) in [4.78, 5) is 9.12. The second-order valence-corrected chi connectivity index (χ2v) is 6.20. The number of likely N-dealkylation sites (tertiary alicyclic amines) is 1. The van der Waals surface area contributed by atoms with E-state index >= 15 is 0 Å². The van der Waals surface area contributed by atoms with Crippen LogP contribution in [-0.2, 0) is 6.54 Å². The Kier molecular flexibility index (Phi) is 5.64. The van der Waals surface area contributed by atoms with Gasteiger partial charge >= 0.3 is 0 Å². The van der Waals surface area contributed by atoms with Crippen molar-refractivity contribution >= 4 is 17.4 Å². The van der Waals surface area contributed by atoms with Crippen molar-refractivity contribution in [3.05, 3.63) is 22.8 Å². The molecule has 2 rings (SSSR count). The van der Waals surface area contributed by atoms with Crippen molar-refractivity contribution in [3.8, 4) is 0 Å². The second-order valence-electron chi connectivity index (χ2n) is 5.79. The standard InChI is InChI=1S/C15H25ClN4/c1-17-9-13-8-15(18-10-14(13)16)20(3)11-12-4-6-19(2)7-5-12/h8,10,12,17H,4-7,9,11H2,1-3H3. The van der Waals surface area contributed by atoms with Gasteiger partial charge in [0.05, 0.1) is 5.02 Å². The Hall–Kier alpha value is -0.840. The Balaban J connectivity index is 1.98. The average Bonchev–Trinajstić information content (AvgIpc) is 2.44. The molecule has 2 heterocycles. The predicted molar refractivity (Wildman–Crippen MR) is 85.5 cm³/mol. The van der Waals surface area contributed by atoms with Crippen molar-refractivity contribution in [1.29, 1.82) is 0 Å². The van der Waals surface area contributed by atoms with E-state index in [2.05, 4.69) is 40.3 Å². The lowest BCUT2D eigenvalue weighted by atomic mass is 9.97. The van der Waals surface area contributed by atoms with Gasteiger partial charge in [0.15, 0.2) is 0 Å². The van der Waals surface area contributed by atoms with E-state index in [1.807, 2.05) is 7.05 Å². The normalized spacial score (nSPS) is 17.4. The largest absolute Gasteiger partial charge is 0.359 e. The minimum atomic E-state index is 0.732. The number of piperidine rings is 1. The molecule has 1 aromatic heterocycles. The maximum absolute atomic E-state index is 6.16. The highest BCUT2D eigenvalue weighted by atomic mass is 35.5. The quantitative estimate of drug-likeness (QED) is 0.903. The zero-order valence-corrected chi connectivity index (χ0v) is 13.5. The van der Waals surface area contributed by atoms with Crippen molar-refractivity contribution in [3.63, 3.8) is 0 Å². The van der Waals surface area contributed by atoms with Gasteiger partial charge in [0, 0.05) is 26.3 Å². The van der Waals surface area contributed by atoms with Gasteiger partial charge in [-0.25, -0.2) is 4.98 Å². The molecule has 0 aliphatic carbocycles. The summed E-state index contributed by atoms with van der Waals surface area (Å²) < 4.78 is 0. The summed E-state index contributed by atoms with van der Waals surface area (Å²) >= 11 is 6.16. The first-order chi connectivity index (χ1) is 9.60. The second kappa shape index (κ2) is 7.25. The van der Waals surface area contributed by atoms with Crippen LogP contribution in [0.5, 0.6) is 0 Å². The third kappa shape index (κ3) is 4.08. The van der Waals surface area contributed by atoms with Crippen LogP contribution in [-0.4, -0.2) is 50.7 Å². The molecule has 0 spiro atoms. The summed E-state index contributed by atoms with van der Waals surface area (Å²) in [5.74, 6) is 1.78. The van der Waals surface area contributed by atoms with Crippen molar-refractivity contribution < 1.29 is 0 Å². The Bertz CT molecular complexity index is 430. The number of halogens is 1. The minimum absolute atomic E-state index is 0.732. The highest BCUT2D eigenvalue weighted by Crippen LogP contribution is 2.22. The van der Waals surface area contributed by atoms with Crippen LogP contribution in [0.3, 0.4) is 0 Å². The number of nitrogens with zero attached hydrogens (tertiary/aromatic N) is 3. The molecule has 5 heteroatoms. The molecule has 112 valence electrons. The average molecular weight is 297 g/mol. The molecule has 1 N–H and O–H groups in total. The SMILES string of the molecule is CNCc1cc(N(C)CC2CCN(C)CC2)ncc1Cl. The van der Waals surface area contributed by atoms with Crippen molar-refractivity contribution in [2.24, 2.45) is 5.92 Å². The van der Waals surface area contributed by atoms with E-state index in [1.54, 1.807) is 6.20 Å². The third-order valence-electron chi connectivity index (χ3n) is 4.05. The lowest BCUT2D eigenvalue weighted by Gasteiger charge is -2.32. The Morgan fingerprint density at radius 2 is 2.15 bits per heavy atom. The van der Waals surface area contributed by atoms with Crippen LogP contribution >= 0.6 is 11.6 Å². The van der Waals surface area contributed by atoms with Gasteiger partial charge in [-0.15, -0.1) is 0 Å². The van der Waals surface area contributed by atoms with Gasteiger partial charge in [-0.05, 0) is 57.6 Å². The summed E-state index contributed by atoms with van der Waals surface area (Å²) in [6.45, 7) is 4.26. The van der Waals surface area contributed by atoms with Crippen LogP contribution in [0.2, 0.25) is 5.02 Å². The van der Waals surface area contributed by atoms with Crippen molar-refractivity contribution in [2.45, 2.75) is 19.4 Å². The molecule has 1 aliphatic heterocycles. The molecular weight excluding hydrogens is 272 g/mol. The van der Waals surface area contributed by atoms with E-state index in [0.717, 1.165) is 35.4 Å². The fourth-order valence-corrected chi connectivity index (χ4v) is 2.90. The Morgan fingerprint density at radius 1 is 1.45 bits per heavy atom. The fourth-order valence-electron chi connectivity index (χ4n) is 2.73. The summed E-state index contributed by atoms with van der Waals surface area (Å²) in [6, 6.07) is 2.09. The molecule has 20 heavy (non-hydrogen) atoms. The van der Waals surface area contributed by atoms with E-state index in [0.29, 0.717) is 0 Å². The monoisotopic (exact) mass is 296 g/mol. The van der Waals surface area contributed by atoms with Gasteiger partial charge in [-0.3, -0.25) is 0 Å². The Labute approximate surface area is 127 Å². The number of pyridine rings is 1. The van der Waals surface area contributed by atoms with Crippen LogP contribution in [0.25, 0.3) is 0 Å². The van der Waals surface area contributed by atoms with Crippen molar-refractivity contribution in [1.82, 2.24) is 15.2 Å². The first-order valence-electron chi connectivity index (χ1n) is 7.29. The first kappa shape index (κ1) is 15.5. The summed E-state index contributed by atoms with van der Waals surface area (Å²) in [7, 11) is 6.25. The lowest BCUT2D eigenvalue weighted by molar-refractivity contribution is 0.222. The Morgan fingerprint density at radius 3 is 2.80 bits per heavy atom. The van der Waals surface area contributed by atoms with Crippen LogP contribution < -0.4 is 10.2 Å². The van der Waals surface area contributed by atoms with Crippen LogP contribution in [0.4, 0.5) is 5.82 Å². The molecule has 4 nitrogen and oxygen atoms in total. The zero-order chi connectivity index (χ0) is 14.5. The van der Waals surface area contributed by atoms with E-state index in [1.165, 1.54) is 25.9 Å². The van der Waals surface area contributed by atoms with Crippen LogP contribution in [0, 0.1) is 5.92 Å². The zero-order valence-electron chi connectivity index (χ0n) is 12.7. The van der Waals surface area contributed by atoms with E-state index < -0.39 is 0 Å². The van der Waals surface area contributed by atoms with Gasteiger partial charge in [0.2, 0.25) is 0 Å². The van der Waals surface area contributed by atoms with E-state index in [4.69, 9.17) is 11.6 Å². The first-order valence-corrected chi connectivity index (χ1v) is 7.66. The maximum Gasteiger partial charge on any atom is 0.128 e. The number of hydrogen-bond acceptors (Lipinski definition) is 4. The van der Waals surface area contributed by atoms with Gasteiger partial charge in [0.1, 0.15) is 5.82 Å². The molecule has 0 atom stereocenters. The van der Waals surface area contributed by atoms with E-state index in [-0.39, 0.29) is 0 Å². The number of aromatic nitrogens is 1. The van der Waals surface area contributed by atoms with Gasteiger partial charge in [-0.2, -0.15) is 0 Å². The highest BCUT2D eigenvalue weighted by molar-refractivity contribution is 6.31.